The van der Waals surface area contributed by atoms with Crippen molar-refractivity contribution in [2.75, 3.05) is 0 Å². The van der Waals surface area contributed by atoms with Crippen molar-refractivity contribution >= 4 is 53.4 Å². The molecule has 4 aromatic rings. The Morgan fingerprint density at radius 1 is 0.444 bits per heavy atom. The van der Waals surface area contributed by atoms with Crippen LogP contribution in [-0.4, -0.2) is 37.7 Å². The predicted molar refractivity (Wildman–Crippen MR) is 256 cm³/mol. The first-order valence-corrected chi connectivity index (χ1v) is 25.5. The standard InChI is InChI=1S/2C26H37O4P.Ca/c2*1-8-18-15-21(25(2,3)4)13-14-23(18)29-31(27,28)30-24-19-11-9-10-12-20(24)17-22(16-19)26(5,6)7;/h2*13-17H,8-12H2,1-7H3,(H,27,28);/q;;+2/p-2. The maximum Gasteiger partial charge on any atom is 2.00 e. The van der Waals surface area contributed by atoms with Crippen LogP contribution in [0.4, 0.5) is 0 Å². The molecule has 2 aliphatic carbocycles. The zero-order valence-electron chi connectivity index (χ0n) is 40.7. The number of hydrogen-bond donors (Lipinski definition) is 0. The number of aryl methyl sites for hydroxylation is 6. The average molecular weight is 927 g/mol. The van der Waals surface area contributed by atoms with Crippen molar-refractivity contribution in [3.63, 3.8) is 0 Å². The fourth-order valence-electron chi connectivity index (χ4n) is 7.94. The fraction of sp³-hybridized carbons (Fsp3) is 0.538. The normalized spacial score (nSPS) is 16.1. The van der Waals surface area contributed by atoms with E-state index in [0.29, 0.717) is 35.8 Å². The molecule has 0 aromatic heterocycles. The summed E-state index contributed by atoms with van der Waals surface area (Å²) < 4.78 is 48.1. The molecule has 340 valence electrons. The summed E-state index contributed by atoms with van der Waals surface area (Å²) in [6, 6.07) is 19.8. The van der Waals surface area contributed by atoms with Gasteiger partial charge in [-0.2, -0.15) is 0 Å². The van der Waals surface area contributed by atoms with Gasteiger partial charge in [-0.3, -0.25) is 0 Å². The number of fused-ring (bicyclic) bond motifs is 4. The molecule has 63 heavy (non-hydrogen) atoms. The summed E-state index contributed by atoms with van der Waals surface area (Å²) in [5.74, 6) is 1.62. The minimum Gasteiger partial charge on any atom is -0.736 e. The van der Waals surface area contributed by atoms with E-state index in [1.54, 1.807) is 12.1 Å². The third-order valence-corrected chi connectivity index (χ3v) is 13.6. The van der Waals surface area contributed by atoms with Crippen LogP contribution in [0.3, 0.4) is 0 Å². The Morgan fingerprint density at radius 2 is 0.714 bits per heavy atom. The number of rotatable bonds is 10. The molecule has 0 aliphatic heterocycles. The second-order valence-electron chi connectivity index (χ2n) is 21.3. The summed E-state index contributed by atoms with van der Waals surface area (Å²) in [4.78, 5) is 25.9. The molecule has 2 unspecified atom stereocenters. The van der Waals surface area contributed by atoms with E-state index >= 15 is 0 Å². The van der Waals surface area contributed by atoms with Crippen LogP contribution in [-0.2, 0) is 69.3 Å². The zero-order chi connectivity index (χ0) is 46.1. The molecular weight excluding hydrogens is 855 g/mol. The van der Waals surface area contributed by atoms with Crippen LogP contribution in [0.1, 0.15) is 178 Å². The molecule has 0 amide bonds. The zero-order valence-corrected chi connectivity index (χ0v) is 44.7. The van der Waals surface area contributed by atoms with Crippen LogP contribution < -0.4 is 27.9 Å². The van der Waals surface area contributed by atoms with Crippen molar-refractivity contribution < 1.29 is 37.0 Å². The third-order valence-electron chi connectivity index (χ3n) is 11.9. The van der Waals surface area contributed by atoms with Crippen LogP contribution in [0.2, 0.25) is 0 Å². The first-order valence-electron chi connectivity index (χ1n) is 22.6. The van der Waals surface area contributed by atoms with Gasteiger partial charge in [-0.1, -0.05) is 145 Å². The first-order chi connectivity index (χ1) is 28.6. The van der Waals surface area contributed by atoms with Gasteiger partial charge in [-0.25, -0.2) is 9.13 Å². The molecule has 0 saturated heterocycles. The van der Waals surface area contributed by atoms with Crippen LogP contribution in [0.25, 0.3) is 0 Å². The predicted octanol–water partition coefficient (Wildman–Crippen LogP) is 12.9. The molecule has 0 saturated carbocycles. The molecule has 0 radical (unpaired) electrons. The Morgan fingerprint density at radius 3 is 0.952 bits per heavy atom. The molecule has 8 nitrogen and oxygen atoms in total. The van der Waals surface area contributed by atoms with Gasteiger partial charge in [-0.05, 0) is 154 Å². The average Bonchev–Trinajstić information content (AvgIpc) is 3.31. The van der Waals surface area contributed by atoms with E-state index in [1.165, 1.54) is 11.1 Å². The molecule has 0 fully saturated rings. The van der Waals surface area contributed by atoms with E-state index in [0.717, 1.165) is 95.9 Å². The molecule has 4 bridgehead atoms. The maximum absolute atomic E-state index is 12.9. The van der Waals surface area contributed by atoms with Crippen LogP contribution in [0.15, 0.2) is 60.7 Å². The summed E-state index contributed by atoms with van der Waals surface area (Å²) in [7, 11) is -9.18. The number of phosphoric ester groups is 2. The van der Waals surface area contributed by atoms with Crippen molar-refractivity contribution in [3.05, 3.63) is 116 Å². The second-order valence-corrected chi connectivity index (χ2v) is 23.8. The maximum atomic E-state index is 12.9. The Bertz CT molecular complexity index is 2110. The van der Waals surface area contributed by atoms with Crippen molar-refractivity contribution in [2.24, 2.45) is 0 Å². The van der Waals surface area contributed by atoms with Gasteiger partial charge in [0.25, 0.3) is 0 Å². The van der Waals surface area contributed by atoms with Crippen LogP contribution in [0, 0.1) is 0 Å². The van der Waals surface area contributed by atoms with Crippen molar-refractivity contribution in [1.29, 1.82) is 0 Å². The number of hydrogen-bond acceptors (Lipinski definition) is 8. The van der Waals surface area contributed by atoms with E-state index < -0.39 is 15.6 Å². The third kappa shape index (κ3) is 14.4. The smallest absolute Gasteiger partial charge is 0.736 e. The van der Waals surface area contributed by atoms with E-state index in [2.05, 4.69) is 107 Å². The molecule has 6 rings (SSSR count). The van der Waals surface area contributed by atoms with Gasteiger partial charge in [0.15, 0.2) is 0 Å². The summed E-state index contributed by atoms with van der Waals surface area (Å²) in [6.07, 6.45) is 8.68. The van der Waals surface area contributed by atoms with E-state index in [-0.39, 0.29) is 59.4 Å². The summed E-state index contributed by atoms with van der Waals surface area (Å²) in [6.45, 7) is 29.8. The fourth-order valence-corrected chi connectivity index (χ4v) is 9.77. The topological polar surface area (TPSA) is 117 Å². The summed E-state index contributed by atoms with van der Waals surface area (Å²) in [5.41, 5.74) is 10.2. The Labute approximate surface area is 409 Å². The van der Waals surface area contributed by atoms with Gasteiger partial charge in [0.05, 0.1) is 0 Å². The molecule has 0 N–H and O–H groups in total. The molecule has 0 heterocycles. The van der Waals surface area contributed by atoms with Gasteiger partial charge in [0, 0.05) is 0 Å². The Balaban J connectivity index is 0.000000272. The van der Waals surface area contributed by atoms with E-state index in [1.807, 2.05) is 38.1 Å². The van der Waals surface area contributed by atoms with Gasteiger partial charge >= 0.3 is 53.4 Å². The SMILES string of the molecule is CCc1cc(C(C)(C)C)ccc1OP(=O)([O-])Oc1c2cc(C(C)(C)C)cc1CCCC2.CCc1cc(C(C)(C)C)ccc1OP(=O)([O-])Oc1c2cc(C(C)(C)C)cc1CCCC2.[Ca+2]. The number of benzene rings is 4. The molecule has 4 aromatic carbocycles. The Kier molecular flexibility index (Phi) is 17.5. The largest absolute Gasteiger partial charge is 2.00 e. The van der Waals surface area contributed by atoms with Gasteiger partial charge < -0.3 is 27.9 Å². The molecule has 2 atom stereocenters. The van der Waals surface area contributed by atoms with Crippen molar-refractivity contribution in [2.45, 2.75) is 183 Å². The van der Waals surface area contributed by atoms with Gasteiger partial charge in [0.1, 0.15) is 23.0 Å². The van der Waals surface area contributed by atoms with E-state index in [4.69, 9.17) is 18.1 Å². The van der Waals surface area contributed by atoms with Crippen molar-refractivity contribution in [3.8, 4) is 23.0 Å². The first kappa shape index (κ1) is 53.3. The molecular formula is C52H72CaO8P2. The molecule has 11 heteroatoms. The van der Waals surface area contributed by atoms with Crippen LogP contribution >= 0.6 is 15.6 Å². The minimum atomic E-state index is -4.59. The minimum absolute atomic E-state index is 0. The van der Waals surface area contributed by atoms with E-state index in [9.17, 15) is 18.9 Å². The van der Waals surface area contributed by atoms with Crippen molar-refractivity contribution in [1.82, 2.24) is 0 Å². The Hall–Kier alpha value is -2.28. The second kappa shape index (κ2) is 20.7. The van der Waals surface area contributed by atoms with Crippen LogP contribution in [0.5, 0.6) is 23.0 Å². The molecule has 2 aliphatic rings. The number of phosphoric acid groups is 2. The monoisotopic (exact) mass is 926 g/mol. The van der Waals surface area contributed by atoms with Gasteiger partial charge in [-0.15, -0.1) is 0 Å². The summed E-state index contributed by atoms with van der Waals surface area (Å²) >= 11 is 0. The molecule has 0 spiro atoms. The quantitative estimate of drug-likeness (QED) is 0.114. The van der Waals surface area contributed by atoms with Gasteiger partial charge in [0.2, 0.25) is 0 Å². The summed E-state index contributed by atoms with van der Waals surface area (Å²) in [5, 5.41) is 0.